The fourth-order valence-corrected chi connectivity index (χ4v) is 3.26. The largest absolute Gasteiger partial charge is 0.497 e. The molecule has 0 radical (unpaired) electrons. The van der Waals surface area contributed by atoms with Gasteiger partial charge >= 0.3 is 0 Å². The minimum atomic E-state index is -0.357. The van der Waals surface area contributed by atoms with E-state index in [9.17, 15) is 4.39 Å². The van der Waals surface area contributed by atoms with E-state index in [4.69, 9.17) is 10.5 Å². The number of halogens is 2. The van der Waals surface area contributed by atoms with Crippen molar-refractivity contribution >= 4 is 27.7 Å². The van der Waals surface area contributed by atoms with E-state index >= 15 is 0 Å². The van der Waals surface area contributed by atoms with Gasteiger partial charge in [-0.3, -0.25) is 0 Å². The van der Waals surface area contributed by atoms with Crippen molar-refractivity contribution in [3.05, 3.63) is 58.3 Å². The van der Waals surface area contributed by atoms with E-state index in [1.807, 2.05) is 24.3 Å². The van der Waals surface area contributed by atoms with Crippen molar-refractivity contribution in [3.8, 4) is 5.75 Å². The molecule has 1 atom stereocenters. The van der Waals surface area contributed by atoms with E-state index in [0.717, 1.165) is 9.37 Å². The molecule has 5 heteroatoms. The molecule has 0 spiro atoms. The van der Waals surface area contributed by atoms with Gasteiger partial charge < -0.3 is 10.5 Å². The van der Waals surface area contributed by atoms with Crippen LogP contribution >= 0.6 is 27.7 Å². The summed E-state index contributed by atoms with van der Waals surface area (Å²) in [6.45, 7) is 0. The Morgan fingerprint density at radius 2 is 2.10 bits per heavy atom. The van der Waals surface area contributed by atoms with Crippen LogP contribution in [0.25, 0.3) is 0 Å². The lowest BCUT2D eigenvalue weighted by Crippen LogP contribution is -2.14. The zero-order valence-corrected chi connectivity index (χ0v) is 13.4. The van der Waals surface area contributed by atoms with Gasteiger partial charge in [-0.05, 0) is 24.3 Å². The van der Waals surface area contributed by atoms with Gasteiger partial charge in [-0.1, -0.05) is 28.1 Å². The molecule has 0 amide bonds. The third kappa shape index (κ3) is 3.98. The average Bonchev–Trinajstić information content (AvgIpc) is 2.44. The first-order chi connectivity index (χ1) is 9.60. The topological polar surface area (TPSA) is 35.2 Å². The fourth-order valence-electron chi connectivity index (χ4n) is 1.77. The number of rotatable bonds is 5. The molecule has 20 heavy (non-hydrogen) atoms. The van der Waals surface area contributed by atoms with Gasteiger partial charge in [-0.25, -0.2) is 4.39 Å². The molecule has 0 aliphatic heterocycles. The lowest BCUT2D eigenvalue weighted by molar-refractivity contribution is 0.410. The number of hydrogen-bond donors (Lipinski definition) is 1. The molecule has 0 saturated carbocycles. The molecule has 0 aliphatic rings. The Bertz CT molecular complexity index is 594. The summed E-state index contributed by atoms with van der Waals surface area (Å²) in [6.07, 6.45) is 0. The number of nitrogens with two attached hydrogens (primary N) is 1. The molecular weight excluding hydrogens is 341 g/mol. The number of methoxy groups -OCH3 is 1. The second kappa shape index (κ2) is 7.11. The van der Waals surface area contributed by atoms with E-state index in [1.165, 1.54) is 13.2 Å². The first-order valence-corrected chi connectivity index (χ1v) is 7.85. The van der Waals surface area contributed by atoms with Crippen LogP contribution in [0.4, 0.5) is 4.39 Å². The molecular formula is C15H15BrFNOS. The summed E-state index contributed by atoms with van der Waals surface area (Å²) in [6, 6.07) is 12.4. The second-order valence-electron chi connectivity index (χ2n) is 4.26. The quantitative estimate of drug-likeness (QED) is 0.807. The summed E-state index contributed by atoms with van der Waals surface area (Å²) in [5, 5.41) is 0. The van der Waals surface area contributed by atoms with E-state index < -0.39 is 0 Å². The van der Waals surface area contributed by atoms with Gasteiger partial charge in [0.1, 0.15) is 11.6 Å². The summed E-state index contributed by atoms with van der Waals surface area (Å²) < 4.78 is 19.9. The molecule has 0 heterocycles. The predicted molar refractivity (Wildman–Crippen MR) is 84.7 cm³/mol. The van der Waals surface area contributed by atoms with Gasteiger partial charge in [0.15, 0.2) is 0 Å². The van der Waals surface area contributed by atoms with Crippen molar-refractivity contribution in [2.24, 2.45) is 5.73 Å². The summed E-state index contributed by atoms with van der Waals surface area (Å²) in [4.78, 5) is 1.10. The Morgan fingerprint density at radius 1 is 1.30 bits per heavy atom. The van der Waals surface area contributed by atoms with E-state index in [-0.39, 0.29) is 11.9 Å². The van der Waals surface area contributed by atoms with Crippen molar-refractivity contribution < 1.29 is 9.13 Å². The lowest BCUT2D eigenvalue weighted by Gasteiger charge is -2.13. The van der Waals surface area contributed by atoms with Crippen LogP contribution < -0.4 is 10.5 Å². The molecule has 0 bridgehead atoms. The monoisotopic (exact) mass is 355 g/mol. The fraction of sp³-hybridized carbons (Fsp3) is 0.200. The summed E-state index contributed by atoms with van der Waals surface area (Å²) >= 11 is 5.03. The maximum absolute atomic E-state index is 13.9. The van der Waals surface area contributed by atoms with Gasteiger partial charge in [0.25, 0.3) is 0 Å². The Morgan fingerprint density at radius 3 is 2.75 bits per heavy atom. The molecule has 0 saturated heterocycles. The third-order valence-electron chi connectivity index (χ3n) is 2.83. The number of benzene rings is 2. The molecule has 0 aliphatic carbocycles. The van der Waals surface area contributed by atoms with Crippen molar-refractivity contribution in [2.45, 2.75) is 10.9 Å². The van der Waals surface area contributed by atoms with Crippen LogP contribution in [0.15, 0.2) is 51.8 Å². The van der Waals surface area contributed by atoms with Gasteiger partial charge in [-0.2, -0.15) is 0 Å². The Balaban J connectivity index is 2.03. The molecule has 2 aromatic carbocycles. The molecule has 106 valence electrons. The first-order valence-electron chi connectivity index (χ1n) is 6.07. The number of hydrogen-bond acceptors (Lipinski definition) is 3. The van der Waals surface area contributed by atoms with Crippen molar-refractivity contribution in [2.75, 3.05) is 12.9 Å². The van der Waals surface area contributed by atoms with Crippen LogP contribution in [0, 0.1) is 5.82 Å². The van der Waals surface area contributed by atoms with Gasteiger partial charge in [0, 0.05) is 32.8 Å². The SMILES string of the molecule is COc1ccc(C(N)CSc2cccc(Br)c2)c(F)c1. The van der Waals surface area contributed by atoms with E-state index in [2.05, 4.69) is 15.9 Å². The van der Waals surface area contributed by atoms with Crippen LogP contribution in [-0.2, 0) is 0 Å². The maximum Gasteiger partial charge on any atom is 0.131 e. The van der Waals surface area contributed by atoms with Gasteiger partial charge in [0.2, 0.25) is 0 Å². The molecule has 2 aromatic rings. The molecule has 2 rings (SSSR count). The number of thioether (sulfide) groups is 1. The lowest BCUT2D eigenvalue weighted by atomic mass is 10.1. The van der Waals surface area contributed by atoms with Gasteiger partial charge in [0.05, 0.1) is 7.11 Å². The van der Waals surface area contributed by atoms with Crippen molar-refractivity contribution in [3.63, 3.8) is 0 Å². The third-order valence-corrected chi connectivity index (χ3v) is 4.44. The standard InChI is InChI=1S/C15H15BrFNOS/c1-19-11-5-6-13(14(17)8-11)15(18)9-20-12-4-2-3-10(16)7-12/h2-8,15H,9,18H2,1H3. The molecule has 2 N–H and O–H groups in total. The smallest absolute Gasteiger partial charge is 0.131 e. The highest BCUT2D eigenvalue weighted by molar-refractivity contribution is 9.10. The number of ether oxygens (including phenoxy) is 1. The van der Waals surface area contributed by atoms with Gasteiger partial charge in [-0.15, -0.1) is 11.8 Å². The zero-order valence-electron chi connectivity index (χ0n) is 11.0. The highest BCUT2D eigenvalue weighted by Crippen LogP contribution is 2.27. The Hall–Kier alpha value is -1.04. The molecule has 0 fully saturated rings. The van der Waals surface area contributed by atoms with Crippen molar-refractivity contribution in [1.82, 2.24) is 0 Å². The zero-order chi connectivity index (χ0) is 14.5. The minimum Gasteiger partial charge on any atom is -0.497 e. The summed E-state index contributed by atoms with van der Waals surface area (Å²) in [5.74, 6) is 0.782. The normalized spacial score (nSPS) is 12.2. The second-order valence-corrected chi connectivity index (χ2v) is 6.27. The Labute approximate surface area is 130 Å². The van der Waals surface area contributed by atoms with Crippen LogP contribution in [0.5, 0.6) is 5.75 Å². The molecule has 0 aromatic heterocycles. The van der Waals surface area contributed by atoms with E-state index in [1.54, 1.807) is 23.9 Å². The van der Waals surface area contributed by atoms with E-state index in [0.29, 0.717) is 17.1 Å². The predicted octanol–water partition coefficient (Wildman–Crippen LogP) is 4.39. The van der Waals surface area contributed by atoms with Crippen LogP contribution in [0.2, 0.25) is 0 Å². The minimum absolute atomic E-state index is 0.327. The highest BCUT2D eigenvalue weighted by atomic mass is 79.9. The Kier molecular flexibility index (Phi) is 5.46. The van der Waals surface area contributed by atoms with Crippen LogP contribution in [-0.4, -0.2) is 12.9 Å². The summed E-state index contributed by atoms with van der Waals surface area (Å²) in [7, 11) is 1.51. The summed E-state index contributed by atoms with van der Waals surface area (Å²) in [5.41, 5.74) is 6.57. The maximum atomic E-state index is 13.9. The van der Waals surface area contributed by atoms with Crippen LogP contribution in [0.3, 0.4) is 0 Å². The molecule has 2 nitrogen and oxygen atoms in total. The van der Waals surface area contributed by atoms with Crippen molar-refractivity contribution in [1.29, 1.82) is 0 Å². The van der Waals surface area contributed by atoms with Crippen LogP contribution in [0.1, 0.15) is 11.6 Å². The molecule has 1 unspecified atom stereocenters. The highest BCUT2D eigenvalue weighted by Gasteiger charge is 2.12. The average molecular weight is 356 g/mol. The first kappa shape index (κ1) is 15.4.